The predicted molar refractivity (Wildman–Crippen MR) is 83.2 cm³/mol. The van der Waals surface area contributed by atoms with Crippen LogP contribution in [0.5, 0.6) is 5.75 Å². The largest absolute Gasteiger partial charge is 0.490 e. The minimum absolute atomic E-state index is 0.0234. The van der Waals surface area contributed by atoms with Gasteiger partial charge in [-0.2, -0.15) is 11.8 Å². The highest BCUT2D eigenvalue weighted by Crippen LogP contribution is 2.39. The van der Waals surface area contributed by atoms with Crippen LogP contribution in [0.25, 0.3) is 0 Å². The summed E-state index contributed by atoms with van der Waals surface area (Å²) < 4.78 is 25.9. The van der Waals surface area contributed by atoms with Crippen LogP contribution in [0.3, 0.4) is 0 Å². The third-order valence-corrected chi connectivity index (χ3v) is 5.41. The minimum Gasteiger partial charge on any atom is -0.490 e. The van der Waals surface area contributed by atoms with E-state index in [0.29, 0.717) is 11.3 Å². The molecule has 2 saturated heterocycles. The number of hydrogen-bond donors (Lipinski definition) is 1. The molecule has 2 N–H and O–H groups in total. The van der Waals surface area contributed by atoms with Gasteiger partial charge in [0, 0.05) is 24.9 Å². The smallest absolute Gasteiger partial charge is 0.131 e. The molecule has 21 heavy (non-hydrogen) atoms. The third kappa shape index (κ3) is 3.35. The Morgan fingerprint density at radius 3 is 2.95 bits per heavy atom. The summed E-state index contributed by atoms with van der Waals surface area (Å²) in [6.45, 7) is 0.885. The van der Waals surface area contributed by atoms with Crippen LogP contribution in [-0.2, 0) is 11.3 Å². The van der Waals surface area contributed by atoms with Gasteiger partial charge in [0.05, 0.1) is 12.2 Å². The molecule has 1 aromatic rings. The van der Waals surface area contributed by atoms with E-state index in [-0.39, 0.29) is 24.1 Å². The van der Waals surface area contributed by atoms with E-state index >= 15 is 0 Å². The molecule has 1 atom stereocenters. The number of hydrogen-bond acceptors (Lipinski definition) is 4. The van der Waals surface area contributed by atoms with E-state index in [4.69, 9.17) is 15.2 Å². The summed E-state index contributed by atoms with van der Waals surface area (Å²) in [5.41, 5.74) is 6.09. The molecular weight excluding hydrogens is 289 g/mol. The van der Waals surface area contributed by atoms with Gasteiger partial charge in [-0.25, -0.2) is 4.39 Å². The Balaban J connectivity index is 1.71. The summed E-state index contributed by atoms with van der Waals surface area (Å²) in [5.74, 6) is 2.61. The quantitative estimate of drug-likeness (QED) is 0.931. The molecule has 1 spiro atoms. The van der Waals surface area contributed by atoms with Crippen molar-refractivity contribution in [1.29, 1.82) is 0 Å². The molecule has 1 unspecified atom stereocenters. The first-order valence-corrected chi connectivity index (χ1v) is 8.74. The second-order valence-corrected chi connectivity index (χ2v) is 7.02. The average molecular weight is 311 g/mol. The maximum absolute atomic E-state index is 13.8. The molecule has 2 heterocycles. The molecule has 0 amide bonds. The fourth-order valence-corrected chi connectivity index (χ4v) is 4.44. The van der Waals surface area contributed by atoms with E-state index in [1.54, 1.807) is 6.07 Å². The summed E-state index contributed by atoms with van der Waals surface area (Å²) in [7, 11) is 0. The van der Waals surface area contributed by atoms with Gasteiger partial charge < -0.3 is 15.2 Å². The number of nitrogens with two attached hydrogens (primary N) is 1. The van der Waals surface area contributed by atoms with Crippen LogP contribution in [0, 0.1) is 5.82 Å². The van der Waals surface area contributed by atoms with Crippen molar-refractivity contribution in [2.75, 3.05) is 18.1 Å². The molecule has 2 fully saturated rings. The average Bonchev–Trinajstić information content (AvgIpc) is 2.48. The third-order valence-electron chi connectivity index (χ3n) is 4.43. The maximum atomic E-state index is 13.8. The normalized spacial score (nSPS) is 25.0. The molecule has 0 bridgehead atoms. The summed E-state index contributed by atoms with van der Waals surface area (Å²) in [6.07, 6.45) is 4.02. The Kier molecular flexibility index (Phi) is 4.72. The zero-order valence-electron chi connectivity index (χ0n) is 12.1. The van der Waals surface area contributed by atoms with Crippen LogP contribution in [0.1, 0.15) is 31.2 Å². The van der Waals surface area contributed by atoms with Gasteiger partial charge in [0.25, 0.3) is 0 Å². The van der Waals surface area contributed by atoms with E-state index in [1.807, 2.05) is 17.8 Å². The molecule has 3 nitrogen and oxygen atoms in total. The van der Waals surface area contributed by atoms with Gasteiger partial charge in [0.15, 0.2) is 0 Å². The first-order valence-electron chi connectivity index (χ1n) is 7.58. The maximum Gasteiger partial charge on any atom is 0.131 e. The topological polar surface area (TPSA) is 44.5 Å². The fourth-order valence-electron chi connectivity index (χ4n) is 3.20. The molecule has 2 aliphatic rings. The number of ether oxygens (including phenoxy) is 2. The predicted octanol–water partition coefficient (Wildman–Crippen LogP) is 3.11. The van der Waals surface area contributed by atoms with Crippen LogP contribution in [0.2, 0.25) is 0 Å². The molecule has 3 rings (SSSR count). The number of benzene rings is 1. The summed E-state index contributed by atoms with van der Waals surface area (Å²) in [5, 5.41) is 0. The highest BCUT2D eigenvalue weighted by molar-refractivity contribution is 7.99. The fraction of sp³-hybridized carbons (Fsp3) is 0.625. The van der Waals surface area contributed by atoms with Gasteiger partial charge in [-0.05, 0) is 36.5 Å². The van der Waals surface area contributed by atoms with Gasteiger partial charge in [-0.1, -0.05) is 6.07 Å². The van der Waals surface area contributed by atoms with Crippen LogP contribution < -0.4 is 10.5 Å². The molecule has 1 aromatic carbocycles. The minimum atomic E-state index is -0.286. The molecule has 116 valence electrons. The van der Waals surface area contributed by atoms with Crippen molar-refractivity contribution >= 4 is 11.8 Å². The van der Waals surface area contributed by atoms with E-state index < -0.39 is 0 Å². The van der Waals surface area contributed by atoms with Crippen LogP contribution in [-0.4, -0.2) is 29.8 Å². The number of halogens is 1. The van der Waals surface area contributed by atoms with Gasteiger partial charge >= 0.3 is 0 Å². The van der Waals surface area contributed by atoms with E-state index in [0.717, 1.165) is 43.8 Å². The summed E-state index contributed by atoms with van der Waals surface area (Å²) in [4.78, 5) is 0. The van der Waals surface area contributed by atoms with Gasteiger partial charge in [0.1, 0.15) is 17.7 Å². The standard InChI is InChI=1S/C16H22FNO2S/c17-14-2-1-3-15(13(14)11-18)20-12-4-7-19-16(10-12)5-8-21-9-6-16/h1-3,12H,4-11,18H2. The van der Waals surface area contributed by atoms with Crippen LogP contribution >= 0.6 is 11.8 Å². The van der Waals surface area contributed by atoms with Crippen molar-refractivity contribution in [1.82, 2.24) is 0 Å². The summed E-state index contributed by atoms with van der Waals surface area (Å²) in [6, 6.07) is 4.92. The van der Waals surface area contributed by atoms with Crippen molar-refractivity contribution in [2.45, 2.75) is 43.9 Å². The van der Waals surface area contributed by atoms with E-state index in [2.05, 4.69) is 0 Å². The SMILES string of the molecule is NCc1c(F)cccc1OC1CCOC2(CCSCC2)C1. The number of rotatable bonds is 3. The van der Waals surface area contributed by atoms with Crippen molar-refractivity contribution in [3.8, 4) is 5.75 Å². The van der Waals surface area contributed by atoms with Crippen molar-refractivity contribution in [3.63, 3.8) is 0 Å². The monoisotopic (exact) mass is 311 g/mol. The lowest BCUT2D eigenvalue weighted by Crippen LogP contribution is -2.46. The zero-order valence-corrected chi connectivity index (χ0v) is 13.0. The highest BCUT2D eigenvalue weighted by Gasteiger charge is 2.39. The lowest BCUT2D eigenvalue weighted by Gasteiger charge is -2.43. The van der Waals surface area contributed by atoms with Gasteiger partial charge in [-0.15, -0.1) is 0 Å². The Labute approximate surface area is 129 Å². The second-order valence-electron chi connectivity index (χ2n) is 5.80. The lowest BCUT2D eigenvalue weighted by atomic mass is 9.86. The lowest BCUT2D eigenvalue weighted by molar-refractivity contribution is -0.116. The van der Waals surface area contributed by atoms with Crippen molar-refractivity contribution in [3.05, 3.63) is 29.6 Å². The van der Waals surface area contributed by atoms with Crippen LogP contribution in [0.15, 0.2) is 18.2 Å². The Bertz CT molecular complexity index is 486. The molecule has 0 aliphatic carbocycles. The molecule has 0 aromatic heterocycles. The zero-order chi connectivity index (χ0) is 14.7. The first kappa shape index (κ1) is 15.1. The molecule has 2 aliphatic heterocycles. The van der Waals surface area contributed by atoms with Crippen molar-refractivity contribution < 1.29 is 13.9 Å². The van der Waals surface area contributed by atoms with Gasteiger partial charge in [0.2, 0.25) is 0 Å². The first-order chi connectivity index (χ1) is 10.2. The Morgan fingerprint density at radius 2 is 2.19 bits per heavy atom. The van der Waals surface area contributed by atoms with E-state index in [9.17, 15) is 4.39 Å². The highest BCUT2D eigenvalue weighted by atomic mass is 32.2. The Hall–Kier alpha value is -0.780. The van der Waals surface area contributed by atoms with E-state index in [1.165, 1.54) is 6.07 Å². The van der Waals surface area contributed by atoms with Gasteiger partial charge in [-0.3, -0.25) is 0 Å². The Morgan fingerprint density at radius 1 is 1.38 bits per heavy atom. The molecule has 0 radical (unpaired) electrons. The van der Waals surface area contributed by atoms with Crippen LogP contribution in [0.4, 0.5) is 4.39 Å². The van der Waals surface area contributed by atoms with Crippen molar-refractivity contribution in [2.24, 2.45) is 5.73 Å². The summed E-state index contributed by atoms with van der Waals surface area (Å²) >= 11 is 1.99. The molecule has 0 saturated carbocycles. The number of thioether (sulfide) groups is 1. The second kappa shape index (κ2) is 6.55. The molecule has 5 heteroatoms. The molecular formula is C16H22FNO2S.